The van der Waals surface area contributed by atoms with E-state index in [4.69, 9.17) is 0 Å². The van der Waals surface area contributed by atoms with E-state index in [9.17, 15) is 19.7 Å². The molecule has 0 N–H and O–H groups in total. The van der Waals surface area contributed by atoms with Crippen LogP contribution in [0.15, 0.2) is 39.3 Å². The first kappa shape index (κ1) is 19.1. The monoisotopic (exact) mass is 520 g/mol. The average Bonchev–Trinajstić information content (AvgIpc) is 2.55. The summed E-state index contributed by atoms with van der Waals surface area (Å²) < 4.78 is -0.468. The number of hydrogen-bond acceptors (Lipinski definition) is 4. The Morgan fingerprint density at radius 2 is 1.88 bits per heavy atom. The van der Waals surface area contributed by atoms with Gasteiger partial charge in [0.25, 0.3) is 11.6 Å². The molecule has 0 spiro atoms. The number of benzene rings is 1. The summed E-state index contributed by atoms with van der Waals surface area (Å²) in [6.45, 7) is 3.35. The van der Waals surface area contributed by atoms with Gasteiger partial charge >= 0.3 is 0 Å². The van der Waals surface area contributed by atoms with E-state index >= 15 is 0 Å². The molecule has 0 bridgehead atoms. The van der Waals surface area contributed by atoms with Crippen molar-refractivity contribution in [2.45, 2.75) is 23.0 Å². The lowest BCUT2D eigenvalue weighted by atomic mass is 9.88. The third kappa shape index (κ3) is 3.43. The fourth-order valence-electron chi connectivity index (χ4n) is 2.15. The van der Waals surface area contributed by atoms with E-state index < -0.39 is 20.0 Å². The molecule has 9 heteroatoms. The summed E-state index contributed by atoms with van der Waals surface area (Å²) in [6.07, 6.45) is 0. The van der Waals surface area contributed by atoms with Gasteiger partial charge in [-0.1, -0.05) is 31.9 Å². The molecule has 0 radical (unpaired) electrons. The molecule has 126 valence electrons. The molecular weight excluding hydrogens is 512 g/mol. The van der Waals surface area contributed by atoms with E-state index in [-0.39, 0.29) is 17.0 Å². The Hall–Kier alpha value is -1.19. The van der Waals surface area contributed by atoms with Gasteiger partial charge in [-0.2, -0.15) is 0 Å². The molecule has 0 aromatic heterocycles. The number of Topliss-reactive ketones (excluding diaryl/α,β-unsaturated/α-hetero) is 1. The second-order valence-electron chi connectivity index (χ2n) is 5.31. The molecule has 0 aliphatic heterocycles. The molecule has 1 aromatic rings. The summed E-state index contributed by atoms with van der Waals surface area (Å²) in [6, 6.07) is 5.18. The van der Waals surface area contributed by atoms with Crippen LogP contribution in [0.1, 0.15) is 24.2 Å². The zero-order chi connectivity index (χ0) is 18.2. The Balaban J connectivity index is 2.43. The number of nitro groups is 1. The maximum atomic E-state index is 12.4. The van der Waals surface area contributed by atoms with Gasteiger partial charge in [-0.05, 0) is 41.9 Å². The second kappa shape index (κ2) is 6.97. The number of carbonyl (C=O) groups is 2. The fraction of sp³-hybridized carbons (Fsp3) is 0.267. The molecule has 2 unspecified atom stereocenters. The molecule has 24 heavy (non-hydrogen) atoms. The largest absolute Gasteiger partial charge is 0.293 e. The minimum absolute atomic E-state index is 0.106. The van der Waals surface area contributed by atoms with Crippen molar-refractivity contribution in [2.75, 3.05) is 0 Å². The number of halogens is 3. The topological polar surface area (TPSA) is 89.6 Å². The van der Waals surface area contributed by atoms with Gasteiger partial charge in [0.05, 0.1) is 15.5 Å². The van der Waals surface area contributed by atoms with Gasteiger partial charge in [-0.15, -0.1) is 0 Å². The zero-order valence-corrected chi connectivity index (χ0v) is 17.3. The highest BCUT2D eigenvalue weighted by Crippen LogP contribution is 2.40. The molecule has 6 nitrogen and oxygen atoms in total. The number of nitrogens with zero attached hydrogens (tertiary/aromatic N) is 2. The van der Waals surface area contributed by atoms with E-state index in [1.807, 2.05) is 0 Å². The van der Waals surface area contributed by atoms with Crippen LogP contribution in [0.3, 0.4) is 0 Å². The maximum absolute atomic E-state index is 12.4. The Morgan fingerprint density at radius 1 is 1.33 bits per heavy atom. The van der Waals surface area contributed by atoms with Crippen LogP contribution in [0.2, 0.25) is 0 Å². The van der Waals surface area contributed by atoms with Crippen molar-refractivity contribution in [3.8, 4) is 0 Å². The summed E-state index contributed by atoms with van der Waals surface area (Å²) in [5, 5.41) is 10.7. The van der Waals surface area contributed by atoms with Crippen molar-refractivity contribution >= 4 is 70.9 Å². The molecule has 0 fully saturated rings. The Labute approximate surface area is 162 Å². The summed E-state index contributed by atoms with van der Waals surface area (Å²) >= 11 is 10.1. The van der Waals surface area contributed by atoms with E-state index in [0.29, 0.717) is 15.8 Å². The maximum Gasteiger partial charge on any atom is 0.277 e. The van der Waals surface area contributed by atoms with Gasteiger partial charge < -0.3 is 0 Å². The van der Waals surface area contributed by atoms with Gasteiger partial charge in [0.2, 0.25) is 0 Å². The molecule has 1 aliphatic rings. The molecule has 1 aliphatic carbocycles. The SMILES string of the molecule is CC1=C(Br)C(=NC(=O)c2ccc([N+](=O)[O-])cc2)C(Br)C(C)(Br)C1=O. The highest BCUT2D eigenvalue weighted by atomic mass is 79.9. The van der Waals surface area contributed by atoms with Crippen molar-refractivity contribution < 1.29 is 14.5 Å². The van der Waals surface area contributed by atoms with Crippen LogP contribution < -0.4 is 0 Å². The smallest absolute Gasteiger partial charge is 0.277 e. The highest BCUT2D eigenvalue weighted by molar-refractivity contribution is 9.13. The van der Waals surface area contributed by atoms with Crippen LogP contribution in [0.5, 0.6) is 0 Å². The number of hydrogen-bond donors (Lipinski definition) is 0. The van der Waals surface area contributed by atoms with E-state index in [1.165, 1.54) is 24.3 Å². The highest BCUT2D eigenvalue weighted by Gasteiger charge is 2.46. The number of ketones is 1. The van der Waals surface area contributed by atoms with Gasteiger partial charge in [-0.25, -0.2) is 4.99 Å². The molecular formula is C15H11Br3N2O4. The zero-order valence-electron chi connectivity index (χ0n) is 12.5. The first-order chi connectivity index (χ1) is 11.1. The van der Waals surface area contributed by atoms with Crippen LogP contribution in [0.4, 0.5) is 5.69 Å². The lowest BCUT2D eigenvalue weighted by molar-refractivity contribution is -0.384. The van der Waals surface area contributed by atoms with Crippen LogP contribution in [-0.2, 0) is 4.79 Å². The third-order valence-corrected chi connectivity index (χ3v) is 7.38. The number of amides is 1. The van der Waals surface area contributed by atoms with Crippen LogP contribution in [0, 0.1) is 10.1 Å². The Kier molecular flexibility index (Phi) is 5.56. The number of carbonyl (C=O) groups excluding carboxylic acids is 2. The minimum Gasteiger partial charge on any atom is -0.293 e. The molecule has 1 aromatic carbocycles. The van der Waals surface area contributed by atoms with Crippen LogP contribution in [-0.4, -0.2) is 31.5 Å². The van der Waals surface area contributed by atoms with Crippen molar-refractivity contribution in [1.29, 1.82) is 0 Å². The lowest BCUT2D eigenvalue weighted by Crippen LogP contribution is -2.47. The molecule has 2 rings (SSSR count). The summed E-state index contributed by atoms with van der Waals surface area (Å²) in [5.74, 6) is -0.662. The average molecular weight is 523 g/mol. The van der Waals surface area contributed by atoms with Crippen LogP contribution >= 0.6 is 47.8 Å². The molecule has 0 saturated carbocycles. The van der Waals surface area contributed by atoms with Gasteiger partial charge in [0, 0.05) is 27.8 Å². The van der Waals surface area contributed by atoms with Gasteiger partial charge in [0.1, 0.15) is 4.32 Å². The molecule has 1 amide bonds. The van der Waals surface area contributed by atoms with Gasteiger partial charge in [-0.3, -0.25) is 19.7 Å². The molecule has 2 atom stereocenters. The Bertz CT molecular complexity index is 797. The molecule has 0 saturated heterocycles. The van der Waals surface area contributed by atoms with Crippen molar-refractivity contribution in [3.05, 3.63) is 50.0 Å². The van der Waals surface area contributed by atoms with E-state index in [2.05, 4.69) is 52.8 Å². The number of rotatable bonds is 2. The number of non-ortho nitro benzene ring substituents is 1. The van der Waals surface area contributed by atoms with Crippen molar-refractivity contribution in [3.63, 3.8) is 0 Å². The number of aliphatic imine (C=N–C) groups is 1. The predicted octanol–water partition coefficient (Wildman–Crippen LogP) is 4.34. The predicted molar refractivity (Wildman–Crippen MR) is 102 cm³/mol. The summed E-state index contributed by atoms with van der Waals surface area (Å²) in [5.41, 5.74) is 0.958. The molecule has 0 heterocycles. The fourth-order valence-corrected chi connectivity index (χ4v) is 4.01. The van der Waals surface area contributed by atoms with Crippen molar-refractivity contribution in [2.24, 2.45) is 4.99 Å². The quantitative estimate of drug-likeness (QED) is 0.328. The summed E-state index contributed by atoms with van der Waals surface area (Å²) in [7, 11) is 0. The standard InChI is InChI=1S/C15H11Br3N2O4/c1-7-10(16)11(12(17)15(2,18)13(7)21)19-14(22)8-3-5-9(6-4-8)20(23)24/h3-6,12H,1-2H3. The third-order valence-electron chi connectivity index (χ3n) is 3.60. The number of nitro benzene ring substituents is 1. The van der Waals surface area contributed by atoms with Crippen LogP contribution in [0.25, 0.3) is 0 Å². The summed E-state index contributed by atoms with van der Waals surface area (Å²) in [4.78, 5) is 38.4. The first-order valence-electron chi connectivity index (χ1n) is 6.69. The lowest BCUT2D eigenvalue weighted by Gasteiger charge is -2.33. The Morgan fingerprint density at radius 3 is 2.38 bits per heavy atom. The van der Waals surface area contributed by atoms with E-state index in [1.54, 1.807) is 13.8 Å². The number of alkyl halides is 2. The van der Waals surface area contributed by atoms with Crippen molar-refractivity contribution in [1.82, 2.24) is 0 Å². The minimum atomic E-state index is -0.928. The first-order valence-corrected chi connectivity index (χ1v) is 9.19. The van der Waals surface area contributed by atoms with Gasteiger partial charge in [0.15, 0.2) is 5.78 Å². The van der Waals surface area contributed by atoms with E-state index in [0.717, 1.165) is 0 Å². The second-order valence-corrected chi connectivity index (χ2v) is 8.67. The number of allylic oxidation sites excluding steroid dienone is 2. The normalized spacial score (nSPS) is 26.0.